The molecule has 3 N–H and O–H groups in total. The van der Waals surface area contributed by atoms with E-state index in [1.54, 1.807) is 6.92 Å². The first kappa shape index (κ1) is 14.0. The van der Waals surface area contributed by atoms with Crippen molar-refractivity contribution in [2.75, 3.05) is 13.1 Å². The number of nitrogens with one attached hydrogen (secondary N) is 2. The van der Waals surface area contributed by atoms with Gasteiger partial charge in [-0.3, -0.25) is 4.79 Å². The smallest absolute Gasteiger partial charge is 0.237 e. The lowest BCUT2D eigenvalue weighted by Gasteiger charge is -2.33. The maximum atomic E-state index is 11.5. The van der Waals surface area contributed by atoms with Gasteiger partial charge in [0.25, 0.3) is 0 Å². The van der Waals surface area contributed by atoms with Crippen molar-refractivity contribution in [3.8, 4) is 12.3 Å². The van der Waals surface area contributed by atoms with Gasteiger partial charge in [0, 0.05) is 6.54 Å². The van der Waals surface area contributed by atoms with Crippen molar-refractivity contribution in [2.45, 2.75) is 50.7 Å². The van der Waals surface area contributed by atoms with Crippen LogP contribution in [0.4, 0.5) is 0 Å². The van der Waals surface area contributed by atoms with Crippen LogP contribution in [0.15, 0.2) is 0 Å². The molecule has 96 valence electrons. The molecular formula is C13H22N2O2. The first-order chi connectivity index (χ1) is 8.07. The first-order valence-corrected chi connectivity index (χ1v) is 6.24. The molecule has 0 bridgehead atoms. The van der Waals surface area contributed by atoms with Crippen molar-refractivity contribution in [1.29, 1.82) is 0 Å². The molecule has 1 aliphatic carbocycles. The Labute approximate surface area is 103 Å². The standard InChI is InChI=1S/C13H22N2O2/c1-3-9-14-12(16)11(2)15-10-13(17)7-5-4-6-8-13/h1,11,15,17H,4-10H2,2H3,(H,14,16). The maximum Gasteiger partial charge on any atom is 0.237 e. The lowest BCUT2D eigenvalue weighted by molar-refractivity contribution is -0.122. The van der Waals surface area contributed by atoms with Gasteiger partial charge in [-0.2, -0.15) is 0 Å². The fourth-order valence-corrected chi connectivity index (χ4v) is 2.11. The number of rotatable bonds is 5. The summed E-state index contributed by atoms with van der Waals surface area (Å²) >= 11 is 0. The fraction of sp³-hybridized carbons (Fsp3) is 0.769. The molecule has 1 amide bonds. The summed E-state index contributed by atoms with van der Waals surface area (Å²) in [6, 6.07) is -0.325. The molecule has 1 atom stereocenters. The van der Waals surface area contributed by atoms with Gasteiger partial charge < -0.3 is 15.7 Å². The molecule has 1 aliphatic rings. The Morgan fingerprint density at radius 1 is 1.47 bits per heavy atom. The maximum absolute atomic E-state index is 11.5. The minimum atomic E-state index is -0.640. The van der Waals surface area contributed by atoms with Crippen molar-refractivity contribution < 1.29 is 9.90 Å². The van der Waals surface area contributed by atoms with Gasteiger partial charge in [0.1, 0.15) is 0 Å². The van der Waals surface area contributed by atoms with Crippen molar-refractivity contribution >= 4 is 5.91 Å². The summed E-state index contributed by atoms with van der Waals surface area (Å²) in [5.41, 5.74) is -0.640. The second-order valence-electron chi connectivity index (χ2n) is 4.81. The zero-order valence-electron chi connectivity index (χ0n) is 10.5. The van der Waals surface area contributed by atoms with Crippen LogP contribution in [0.1, 0.15) is 39.0 Å². The topological polar surface area (TPSA) is 61.4 Å². The van der Waals surface area contributed by atoms with E-state index in [0.717, 1.165) is 25.7 Å². The predicted molar refractivity (Wildman–Crippen MR) is 67.3 cm³/mol. The van der Waals surface area contributed by atoms with Crippen LogP contribution in [-0.2, 0) is 4.79 Å². The van der Waals surface area contributed by atoms with E-state index in [0.29, 0.717) is 6.54 Å². The number of hydrogen-bond donors (Lipinski definition) is 3. The molecule has 17 heavy (non-hydrogen) atoms. The van der Waals surface area contributed by atoms with Crippen molar-refractivity contribution in [3.63, 3.8) is 0 Å². The molecule has 0 aliphatic heterocycles. The normalized spacial score (nSPS) is 20.3. The largest absolute Gasteiger partial charge is 0.389 e. The highest BCUT2D eigenvalue weighted by atomic mass is 16.3. The van der Waals surface area contributed by atoms with Gasteiger partial charge in [0.2, 0.25) is 5.91 Å². The quantitative estimate of drug-likeness (QED) is 0.608. The average Bonchev–Trinajstić information content (AvgIpc) is 2.34. The Kier molecular flexibility index (Phi) is 5.46. The second-order valence-corrected chi connectivity index (χ2v) is 4.81. The molecule has 0 saturated heterocycles. The van der Waals surface area contributed by atoms with Crippen LogP contribution in [0.3, 0.4) is 0 Å². The summed E-state index contributed by atoms with van der Waals surface area (Å²) in [5.74, 6) is 2.23. The summed E-state index contributed by atoms with van der Waals surface area (Å²) < 4.78 is 0. The molecule has 0 aromatic heterocycles. The second kappa shape index (κ2) is 6.63. The number of aliphatic hydroxyl groups is 1. The fourth-order valence-electron chi connectivity index (χ4n) is 2.11. The van der Waals surface area contributed by atoms with Crippen LogP contribution < -0.4 is 10.6 Å². The molecule has 4 heteroatoms. The average molecular weight is 238 g/mol. The molecule has 1 unspecified atom stereocenters. The van der Waals surface area contributed by atoms with Gasteiger partial charge in [0.05, 0.1) is 18.2 Å². The molecule has 1 saturated carbocycles. The van der Waals surface area contributed by atoms with Crippen LogP contribution in [0, 0.1) is 12.3 Å². The summed E-state index contributed by atoms with van der Waals surface area (Å²) in [7, 11) is 0. The minimum Gasteiger partial charge on any atom is -0.389 e. The summed E-state index contributed by atoms with van der Waals surface area (Å²) in [6.07, 6.45) is 10.0. The SMILES string of the molecule is C#CCNC(=O)C(C)NCC1(O)CCCCC1. The van der Waals surface area contributed by atoms with Crippen LogP contribution in [-0.4, -0.2) is 35.7 Å². The molecule has 0 radical (unpaired) electrons. The number of carbonyl (C=O) groups is 1. The van der Waals surface area contributed by atoms with E-state index in [1.165, 1.54) is 6.42 Å². The Morgan fingerprint density at radius 3 is 2.71 bits per heavy atom. The van der Waals surface area contributed by atoms with E-state index in [-0.39, 0.29) is 18.5 Å². The molecule has 0 aromatic rings. The number of hydrogen-bond acceptors (Lipinski definition) is 3. The highest BCUT2D eigenvalue weighted by Crippen LogP contribution is 2.27. The Morgan fingerprint density at radius 2 is 2.12 bits per heavy atom. The molecule has 0 heterocycles. The van der Waals surface area contributed by atoms with Crippen LogP contribution in [0.2, 0.25) is 0 Å². The molecular weight excluding hydrogens is 216 g/mol. The van der Waals surface area contributed by atoms with Gasteiger partial charge in [-0.05, 0) is 19.8 Å². The lowest BCUT2D eigenvalue weighted by atomic mass is 9.85. The molecule has 1 fully saturated rings. The minimum absolute atomic E-state index is 0.123. The van der Waals surface area contributed by atoms with Crippen molar-refractivity contribution in [2.24, 2.45) is 0 Å². The zero-order chi connectivity index (χ0) is 12.7. The van der Waals surface area contributed by atoms with Crippen LogP contribution in [0.25, 0.3) is 0 Å². The van der Waals surface area contributed by atoms with E-state index in [4.69, 9.17) is 6.42 Å². The third kappa shape index (κ3) is 4.76. The van der Waals surface area contributed by atoms with E-state index in [1.807, 2.05) is 0 Å². The van der Waals surface area contributed by atoms with E-state index in [2.05, 4.69) is 16.6 Å². The Bertz CT molecular complexity index is 290. The van der Waals surface area contributed by atoms with Gasteiger partial charge >= 0.3 is 0 Å². The number of carbonyl (C=O) groups excluding carboxylic acids is 1. The van der Waals surface area contributed by atoms with E-state index in [9.17, 15) is 9.90 Å². The number of amides is 1. The van der Waals surface area contributed by atoms with E-state index >= 15 is 0 Å². The monoisotopic (exact) mass is 238 g/mol. The summed E-state index contributed by atoms with van der Waals surface area (Å²) in [5, 5.41) is 15.9. The van der Waals surface area contributed by atoms with Gasteiger partial charge in [0.15, 0.2) is 0 Å². The summed E-state index contributed by atoms with van der Waals surface area (Å²) in [4.78, 5) is 11.5. The molecule has 0 spiro atoms. The summed E-state index contributed by atoms with van der Waals surface area (Å²) in [6.45, 7) is 2.49. The van der Waals surface area contributed by atoms with Gasteiger partial charge in [-0.15, -0.1) is 6.42 Å². The van der Waals surface area contributed by atoms with Crippen LogP contribution >= 0.6 is 0 Å². The first-order valence-electron chi connectivity index (χ1n) is 6.24. The number of terminal acetylenes is 1. The third-order valence-corrected chi connectivity index (χ3v) is 3.28. The lowest BCUT2D eigenvalue weighted by Crippen LogP contribution is -2.49. The van der Waals surface area contributed by atoms with E-state index < -0.39 is 5.60 Å². The highest BCUT2D eigenvalue weighted by Gasteiger charge is 2.29. The molecule has 4 nitrogen and oxygen atoms in total. The Hall–Kier alpha value is -1.05. The Balaban J connectivity index is 2.29. The molecule has 0 aromatic carbocycles. The van der Waals surface area contributed by atoms with Crippen molar-refractivity contribution in [3.05, 3.63) is 0 Å². The predicted octanol–water partition coefficient (Wildman–Crippen LogP) is 0.409. The van der Waals surface area contributed by atoms with Crippen LogP contribution in [0.5, 0.6) is 0 Å². The third-order valence-electron chi connectivity index (χ3n) is 3.28. The van der Waals surface area contributed by atoms with Gasteiger partial charge in [-0.25, -0.2) is 0 Å². The van der Waals surface area contributed by atoms with Crippen molar-refractivity contribution in [1.82, 2.24) is 10.6 Å². The molecule has 1 rings (SSSR count). The highest BCUT2D eigenvalue weighted by molar-refractivity contribution is 5.81. The zero-order valence-corrected chi connectivity index (χ0v) is 10.5. The van der Waals surface area contributed by atoms with Gasteiger partial charge in [-0.1, -0.05) is 25.2 Å².